The third kappa shape index (κ3) is 2.99. The Morgan fingerprint density at radius 3 is 2.59 bits per heavy atom. The molecule has 96 valence electrons. The van der Waals surface area contributed by atoms with Gasteiger partial charge in [-0.3, -0.25) is 4.79 Å². The first-order chi connectivity index (χ1) is 8.18. The number of amides is 1. The minimum atomic E-state index is -0.848. The summed E-state index contributed by atoms with van der Waals surface area (Å²) in [5.74, 6) is -0.126. The Balaban J connectivity index is 1.83. The minimum absolute atomic E-state index is 0.0215. The van der Waals surface area contributed by atoms with E-state index in [9.17, 15) is 9.59 Å². The molecule has 2 rings (SSSR count). The van der Waals surface area contributed by atoms with Crippen molar-refractivity contribution in [3.63, 3.8) is 0 Å². The van der Waals surface area contributed by atoms with Gasteiger partial charge in [-0.05, 0) is 18.8 Å². The summed E-state index contributed by atoms with van der Waals surface area (Å²) < 4.78 is 0. The van der Waals surface area contributed by atoms with Crippen LogP contribution in [0.25, 0.3) is 0 Å². The summed E-state index contributed by atoms with van der Waals surface area (Å²) >= 11 is 0. The Morgan fingerprint density at radius 1 is 1.24 bits per heavy atom. The van der Waals surface area contributed by atoms with Gasteiger partial charge in [-0.15, -0.1) is 0 Å². The van der Waals surface area contributed by atoms with Crippen molar-refractivity contribution in [3.8, 4) is 0 Å². The molecule has 0 aromatic carbocycles. The molecule has 0 radical (unpaired) electrons. The second kappa shape index (κ2) is 5.52. The fourth-order valence-corrected chi connectivity index (χ4v) is 3.07. The van der Waals surface area contributed by atoms with Gasteiger partial charge in [0.05, 0.1) is 0 Å². The minimum Gasteiger partial charge on any atom is -0.480 e. The zero-order valence-electron chi connectivity index (χ0n) is 10.2. The molecule has 17 heavy (non-hydrogen) atoms. The molecule has 1 heterocycles. The number of hydrogen-bond acceptors (Lipinski definition) is 2. The lowest BCUT2D eigenvalue weighted by atomic mass is 9.87. The first-order valence-electron chi connectivity index (χ1n) is 6.71. The van der Waals surface area contributed by atoms with Gasteiger partial charge in [-0.1, -0.05) is 32.1 Å². The van der Waals surface area contributed by atoms with Crippen LogP contribution in [-0.2, 0) is 9.59 Å². The molecule has 0 spiro atoms. The molecular formula is C13H21NO3. The van der Waals surface area contributed by atoms with Gasteiger partial charge in [0.15, 0.2) is 0 Å². The monoisotopic (exact) mass is 239 g/mol. The lowest BCUT2D eigenvalue weighted by Gasteiger charge is -2.26. The summed E-state index contributed by atoms with van der Waals surface area (Å²) in [6, 6.07) is -0.564. The Bertz CT molecular complexity index is 297. The number of carboxylic acid groups (broad SMARTS) is 1. The van der Waals surface area contributed by atoms with Gasteiger partial charge in [0, 0.05) is 13.0 Å². The average molecular weight is 239 g/mol. The smallest absolute Gasteiger partial charge is 0.326 e. The first kappa shape index (κ1) is 12.4. The highest BCUT2D eigenvalue weighted by molar-refractivity contribution is 5.87. The molecule has 1 unspecified atom stereocenters. The van der Waals surface area contributed by atoms with Gasteiger partial charge in [0.2, 0.25) is 5.91 Å². The van der Waals surface area contributed by atoms with Gasteiger partial charge in [-0.25, -0.2) is 4.79 Å². The second-order valence-electron chi connectivity index (χ2n) is 5.27. The molecule has 2 fully saturated rings. The molecule has 0 bridgehead atoms. The maximum absolute atomic E-state index is 11.6. The third-order valence-corrected chi connectivity index (χ3v) is 4.12. The number of carboxylic acids is 1. The Hall–Kier alpha value is -1.06. The number of hydrogen-bond donors (Lipinski definition) is 1. The third-order valence-electron chi connectivity index (χ3n) is 4.12. The van der Waals surface area contributed by atoms with Gasteiger partial charge in [0.25, 0.3) is 0 Å². The Labute approximate surface area is 102 Å². The molecule has 4 nitrogen and oxygen atoms in total. The summed E-state index contributed by atoms with van der Waals surface area (Å²) in [5.41, 5.74) is 0. The van der Waals surface area contributed by atoms with E-state index in [0.717, 1.165) is 6.42 Å². The molecule has 4 heteroatoms. The van der Waals surface area contributed by atoms with Gasteiger partial charge in [-0.2, -0.15) is 0 Å². The van der Waals surface area contributed by atoms with E-state index in [0.29, 0.717) is 25.3 Å². The molecule has 1 aliphatic carbocycles. The normalized spacial score (nSPS) is 26.5. The zero-order chi connectivity index (χ0) is 12.3. The van der Waals surface area contributed by atoms with E-state index in [-0.39, 0.29) is 5.91 Å². The molecule has 1 saturated heterocycles. The van der Waals surface area contributed by atoms with E-state index < -0.39 is 12.0 Å². The molecule has 1 saturated carbocycles. The van der Waals surface area contributed by atoms with E-state index >= 15 is 0 Å². The maximum Gasteiger partial charge on any atom is 0.326 e. The highest BCUT2D eigenvalue weighted by Crippen LogP contribution is 2.28. The van der Waals surface area contributed by atoms with Crippen LogP contribution in [0.1, 0.15) is 51.4 Å². The van der Waals surface area contributed by atoms with Crippen LogP contribution in [0.15, 0.2) is 0 Å². The van der Waals surface area contributed by atoms with E-state index in [1.807, 2.05) is 0 Å². The summed E-state index contributed by atoms with van der Waals surface area (Å²) in [4.78, 5) is 24.2. The van der Waals surface area contributed by atoms with Crippen LogP contribution < -0.4 is 0 Å². The van der Waals surface area contributed by atoms with Crippen molar-refractivity contribution in [3.05, 3.63) is 0 Å². The second-order valence-corrected chi connectivity index (χ2v) is 5.27. The van der Waals surface area contributed by atoms with E-state index in [4.69, 9.17) is 5.11 Å². The first-order valence-corrected chi connectivity index (χ1v) is 6.71. The largest absolute Gasteiger partial charge is 0.480 e. The van der Waals surface area contributed by atoms with Crippen LogP contribution in [0.2, 0.25) is 0 Å². The van der Waals surface area contributed by atoms with E-state index in [1.54, 1.807) is 4.90 Å². The van der Waals surface area contributed by atoms with Crippen molar-refractivity contribution in [1.29, 1.82) is 0 Å². The van der Waals surface area contributed by atoms with Gasteiger partial charge >= 0.3 is 5.97 Å². The van der Waals surface area contributed by atoms with E-state index in [2.05, 4.69) is 0 Å². The predicted octanol–water partition coefficient (Wildman–Crippen LogP) is 2.03. The van der Waals surface area contributed by atoms with Crippen molar-refractivity contribution < 1.29 is 14.7 Å². The molecule has 1 atom stereocenters. The van der Waals surface area contributed by atoms with Crippen LogP contribution in [0.5, 0.6) is 0 Å². The SMILES string of the molecule is O=C(O)C1CCC(=O)N1CCC1CCCCC1. The van der Waals surface area contributed by atoms with Gasteiger partial charge in [0.1, 0.15) is 6.04 Å². The topological polar surface area (TPSA) is 57.6 Å². The predicted molar refractivity (Wildman–Crippen MR) is 63.6 cm³/mol. The molecule has 0 aromatic heterocycles. The number of likely N-dealkylation sites (tertiary alicyclic amines) is 1. The highest BCUT2D eigenvalue weighted by atomic mass is 16.4. The number of aliphatic carboxylic acids is 1. The lowest BCUT2D eigenvalue weighted by Crippen LogP contribution is -2.39. The summed E-state index contributed by atoms with van der Waals surface area (Å²) in [6.45, 7) is 0.639. The molecular weight excluding hydrogens is 218 g/mol. The van der Waals surface area contributed by atoms with Crippen LogP contribution in [0.4, 0.5) is 0 Å². The van der Waals surface area contributed by atoms with Crippen molar-refractivity contribution in [2.24, 2.45) is 5.92 Å². The van der Waals surface area contributed by atoms with E-state index in [1.165, 1.54) is 32.1 Å². The number of carbonyl (C=O) groups excluding carboxylic acids is 1. The number of rotatable bonds is 4. The lowest BCUT2D eigenvalue weighted by molar-refractivity contribution is -0.146. The van der Waals surface area contributed by atoms with Crippen LogP contribution in [-0.4, -0.2) is 34.5 Å². The number of nitrogens with zero attached hydrogens (tertiary/aromatic N) is 1. The molecule has 1 amide bonds. The molecule has 0 aromatic rings. The maximum atomic E-state index is 11.6. The summed E-state index contributed by atoms with van der Waals surface area (Å²) in [7, 11) is 0. The van der Waals surface area contributed by atoms with Crippen molar-refractivity contribution in [1.82, 2.24) is 4.90 Å². The zero-order valence-corrected chi connectivity index (χ0v) is 10.2. The molecule has 1 aliphatic heterocycles. The highest BCUT2D eigenvalue weighted by Gasteiger charge is 2.35. The number of carbonyl (C=O) groups is 2. The summed E-state index contributed by atoms with van der Waals surface area (Å²) in [6.07, 6.45) is 8.29. The molecule has 2 aliphatic rings. The van der Waals surface area contributed by atoms with Gasteiger partial charge < -0.3 is 10.0 Å². The van der Waals surface area contributed by atoms with Crippen molar-refractivity contribution >= 4 is 11.9 Å². The summed E-state index contributed by atoms with van der Waals surface area (Å²) in [5, 5.41) is 9.04. The Kier molecular flexibility index (Phi) is 4.02. The van der Waals surface area contributed by atoms with Crippen LogP contribution >= 0.6 is 0 Å². The van der Waals surface area contributed by atoms with Crippen molar-refractivity contribution in [2.75, 3.05) is 6.54 Å². The average Bonchev–Trinajstić information content (AvgIpc) is 2.69. The van der Waals surface area contributed by atoms with Crippen LogP contribution in [0, 0.1) is 5.92 Å². The molecule has 1 N–H and O–H groups in total. The van der Waals surface area contributed by atoms with Crippen LogP contribution in [0.3, 0.4) is 0 Å². The standard InChI is InChI=1S/C13H21NO3/c15-12-7-6-11(13(16)17)14(12)9-8-10-4-2-1-3-5-10/h10-11H,1-9H2,(H,16,17). The fraction of sp³-hybridized carbons (Fsp3) is 0.846. The fourth-order valence-electron chi connectivity index (χ4n) is 3.07. The quantitative estimate of drug-likeness (QED) is 0.816. The van der Waals surface area contributed by atoms with Crippen molar-refractivity contribution in [2.45, 2.75) is 57.4 Å². The Morgan fingerprint density at radius 2 is 1.94 bits per heavy atom.